The molecule has 0 saturated carbocycles. The van der Waals surface area contributed by atoms with Crippen LogP contribution in [0.25, 0.3) is 0 Å². The number of aliphatic hydroxyl groups is 1. The Morgan fingerprint density at radius 1 is 1.00 bits per heavy atom. The first-order valence-electron chi connectivity index (χ1n) is 13.9. The third-order valence-electron chi connectivity index (χ3n) is 7.70. The highest BCUT2D eigenvalue weighted by Gasteiger charge is 2.71. The zero-order valence-electron chi connectivity index (χ0n) is 24.6. The Balaban J connectivity index is 1.62. The summed E-state index contributed by atoms with van der Waals surface area (Å²) >= 11 is 1.96. The first-order valence-corrected chi connectivity index (χ1v) is 15.0. The number of pyridine rings is 1. The lowest BCUT2D eigenvalue weighted by atomic mass is 9.90. The molecule has 4 rings (SSSR count). The van der Waals surface area contributed by atoms with E-state index < -0.39 is 41.0 Å². The molecule has 3 aromatic rings. The van der Waals surface area contributed by atoms with Crippen LogP contribution in [0.15, 0.2) is 54.7 Å². The third-order valence-corrected chi connectivity index (χ3v) is 8.67. The maximum Gasteiger partial charge on any atom is 0.430 e. The summed E-state index contributed by atoms with van der Waals surface area (Å²) in [4.78, 5) is 31.7. The number of urea groups is 1. The first-order chi connectivity index (χ1) is 20.8. The number of halogens is 7. The molecule has 0 bridgehead atoms. The van der Waals surface area contributed by atoms with Crippen LogP contribution < -0.4 is 10.1 Å². The number of nitrogens with zero attached hydrogens (tertiary/aromatic N) is 2. The molecule has 1 aliphatic rings. The van der Waals surface area contributed by atoms with Gasteiger partial charge in [-0.25, -0.2) is 9.78 Å². The molecule has 1 saturated heterocycles. The molecule has 14 heteroatoms. The Kier molecular flexibility index (Phi) is 9.51. The summed E-state index contributed by atoms with van der Waals surface area (Å²) in [6.07, 6.45) is -10.3. The molecule has 0 radical (unpaired) electrons. The van der Waals surface area contributed by atoms with Gasteiger partial charge in [0, 0.05) is 21.4 Å². The Hall–Kier alpha value is -3.40. The molecule has 3 amide bonds. The highest BCUT2D eigenvalue weighted by molar-refractivity contribution is 14.1. The number of benzene rings is 2. The average molecular weight is 749 g/mol. The van der Waals surface area contributed by atoms with Gasteiger partial charge < -0.3 is 15.2 Å². The van der Waals surface area contributed by atoms with Gasteiger partial charge >= 0.3 is 18.4 Å². The summed E-state index contributed by atoms with van der Waals surface area (Å²) in [5, 5.41) is 12.6. The van der Waals surface area contributed by atoms with Crippen LogP contribution >= 0.6 is 22.6 Å². The molecule has 1 aromatic heterocycles. The molecule has 1 atom stereocenters. The molecule has 242 valence electrons. The number of aromatic nitrogens is 1. The highest BCUT2D eigenvalue weighted by atomic mass is 127. The fraction of sp³-hybridized carbons (Fsp3) is 0.387. The largest absolute Gasteiger partial charge is 0.439 e. The number of nitrogens with one attached hydrogen (secondary N) is 1. The summed E-state index contributed by atoms with van der Waals surface area (Å²) in [6.45, 7) is 7.20. The molecule has 2 aromatic carbocycles. The van der Waals surface area contributed by atoms with Crippen LogP contribution in [-0.2, 0) is 28.9 Å². The Bertz CT molecular complexity index is 1580. The van der Waals surface area contributed by atoms with Gasteiger partial charge in [-0.3, -0.25) is 9.69 Å². The van der Waals surface area contributed by atoms with Crippen molar-refractivity contribution in [3.8, 4) is 11.6 Å². The molecule has 2 heterocycles. The third kappa shape index (κ3) is 6.48. The minimum Gasteiger partial charge on any atom is -0.439 e. The number of ether oxygens (including phenoxy) is 1. The first kappa shape index (κ1) is 34.5. The number of hydrogen-bond donors (Lipinski definition) is 2. The number of rotatable bonds is 9. The smallest absolute Gasteiger partial charge is 0.430 e. The van der Waals surface area contributed by atoms with E-state index >= 15 is 0 Å². The van der Waals surface area contributed by atoms with Crippen LogP contribution in [0.3, 0.4) is 0 Å². The normalized spacial score (nSPS) is 17.7. The topological polar surface area (TPSA) is 91.8 Å². The number of imide groups is 1. The van der Waals surface area contributed by atoms with Gasteiger partial charge in [0.15, 0.2) is 0 Å². The summed E-state index contributed by atoms with van der Waals surface area (Å²) in [5.41, 5.74) is -5.66. The van der Waals surface area contributed by atoms with Crippen LogP contribution in [0.5, 0.6) is 11.6 Å². The SMILES string of the molecule is CCCc1cc(C(O)(C(F)(F)F)C(F)(F)F)ccc1Oc1cc(CN2C(=O)NC(C)(c3ccc(C(C)C)cc3)C2=O)c(I)cn1. The number of amides is 3. The van der Waals surface area contributed by atoms with Crippen molar-refractivity contribution >= 4 is 34.5 Å². The van der Waals surface area contributed by atoms with Gasteiger partial charge in [0.2, 0.25) is 5.88 Å². The van der Waals surface area contributed by atoms with Gasteiger partial charge in [0.25, 0.3) is 11.5 Å². The van der Waals surface area contributed by atoms with E-state index in [2.05, 4.69) is 10.3 Å². The van der Waals surface area contributed by atoms with Gasteiger partial charge in [-0.05, 0) is 76.2 Å². The molecular formula is C31H30F6IN3O4. The predicted molar refractivity (Wildman–Crippen MR) is 160 cm³/mol. The number of carbonyl (C=O) groups excluding carboxylic acids is 2. The molecule has 45 heavy (non-hydrogen) atoms. The van der Waals surface area contributed by atoms with Crippen molar-refractivity contribution < 1.29 is 45.8 Å². The van der Waals surface area contributed by atoms with Crippen LogP contribution in [0.2, 0.25) is 0 Å². The molecule has 7 nitrogen and oxygen atoms in total. The molecule has 2 N–H and O–H groups in total. The quantitative estimate of drug-likeness (QED) is 0.132. The summed E-state index contributed by atoms with van der Waals surface area (Å²) < 4.78 is 87.2. The second kappa shape index (κ2) is 12.4. The van der Waals surface area contributed by atoms with E-state index in [-0.39, 0.29) is 36.1 Å². The van der Waals surface area contributed by atoms with E-state index in [0.717, 1.165) is 16.5 Å². The molecule has 1 aliphatic heterocycles. The predicted octanol–water partition coefficient (Wildman–Crippen LogP) is 7.83. The number of carbonyl (C=O) groups is 2. The standard InChI is InChI=1S/C31H30F6IN3O4/c1-5-6-19-13-22(29(44,30(32,33)34)31(35,36)37)11-12-24(19)45-25-14-20(23(38)15-39-25)16-41-26(42)28(4,40-27(41)43)21-9-7-18(8-10-21)17(2)3/h7-15,17,44H,5-6,16H2,1-4H3,(H,40,43). The summed E-state index contributed by atoms with van der Waals surface area (Å²) in [5.74, 6) is -0.347. The fourth-order valence-electron chi connectivity index (χ4n) is 5.01. The summed E-state index contributed by atoms with van der Waals surface area (Å²) in [6, 6.07) is 10.2. The zero-order chi connectivity index (χ0) is 33.5. The van der Waals surface area contributed by atoms with Crippen molar-refractivity contribution in [2.75, 3.05) is 0 Å². The molecule has 1 fully saturated rings. The van der Waals surface area contributed by atoms with Crippen LogP contribution in [0.4, 0.5) is 31.1 Å². The summed E-state index contributed by atoms with van der Waals surface area (Å²) in [7, 11) is 0. The van der Waals surface area contributed by atoms with E-state index in [1.165, 1.54) is 12.3 Å². The Labute approximate surface area is 269 Å². The second-order valence-electron chi connectivity index (χ2n) is 11.2. The van der Waals surface area contributed by atoms with Gasteiger partial charge in [-0.2, -0.15) is 26.3 Å². The maximum atomic E-state index is 13.5. The lowest BCUT2D eigenvalue weighted by molar-refractivity contribution is -0.376. The van der Waals surface area contributed by atoms with Crippen molar-refractivity contribution in [3.63, 3.8) is 0 Å². The van der Waals surface area contributed by atoms with Gasteiger partial charge in [-0.15, -0.1) is 0 Å². The second-order valence-corrected chi connectivity index (χ2v) is 12.4. The highest BCUT2D eigenvalue weighted by Crippen LogP contribution is 2.50. The Morgan fingerprint density at radius 3 is 2.18 bits per heavy atom. The van der Waals surface area contributed by atoms with Crippen LogP contribution in [0.1, 0.15) is 67.9 Å². The minimum atomic E-state index is -6.03. The van der Waals surface area contributed by atoms with Crippen molar-refractivity contribution in [1.82, 2.24) is 15.2 Å². The zero-order valence-corrected chi connectivity index (χ0v) is 26.8. The lowest BCUT2D eigenvalue weighted by Gasteiger charge is -2.33. The Morgan fingerprint density at radius 2 is 1.62 bits per heavy atom. The van der Waals surface area contributed by atoms with Crippen molar-refractivity contribution in [1.29, 1.82) is 0 Å². The molecular weight excluding hydrogens is 719 g/mol. The van der Waals surface area contributed by atoms with Gasteiger partial charge in [0.1, 0.15) is 11.3 Å². The van der Waals surface area contributed by atoms with Crippen molar-refractivity contribution in [2.24, 2.45) is 0 Å². The van der Waals surface area contributed by atoms with E-state index in [0.29, 0.717) is 33.3 Å². The van der Waals surface area contributed by atoms with Crippen molar-refractivity contribution in [2.45, 2.75) is 76.5 Å². The van der Waals surface area contributed by atoms with Crippen molar-refractivity contribution in [3.05, 3.63) is 86.1 Å². The van der Waals surface area contributed by atoms with Gasteiger partial charge in [-0.1, -0.05) is 57.5 Å². The number of hydrogen-bond acceptors (Lipinski definition) is 5. The molecule has 1 unspecified atom stereocenters. The monoisotopic (exact) mass is 749 g/mol. The number of aryl methyl sites for hydroxylation is 1. The van der Waals surface area contributed by atoms with E-state index in [1.807, 2.05) is 48.6 Å². The van der Waals surface area contributed by atoms with E-state index in [9.17, 15) is 41.0 Å². The molecule has 0 spiro atoms. The average Bonchev–Trinajstić information content (AvgIpc) is 3.17. The fourth-order valence-corrected chi connectivity index (χ4v) is 5.48. The lowest BCUT2D eigenvalue weighted by Crippen LogP contribution is -2.53. The van der Waals surface area contributed by atoms with E-state index in [1.54, 1.807) is 26.0 Å². The van der Waals surface area contributed by atoms with Gasteiger partial charge in [0.05, 0.1) is 6.54 Å². The number of alkyl halides is 6. The molecule has 0 aliphatic carbocycles. The van der Waals surface area contributed by atoms with Crippen LogP contribution in [-0.4, -0.2) is 39.3 Å². The maximum absolute atomic E-state index is 13.5. The van der Waals surface area contributed by atoms with E-state index in [4.69, 9.17) is 4.74 Å². The van der Waals surface area contributed by atoms with Crippen LogP contribution in [0, 0.1) is 3.57 Å². The minimum absolute atomic E-state index is 0.0165.